The minimum atomic E-state index is -1.27. The van der Waals surface area contributed by atoms with Crippen LogP contribution in [0, 0.1) is 5.21 Å². The molecule has 0 aliphatic carbocycles. The van der Waals surface area contributed by atoms with E-state index in [1.807, 2.05) is 0 Å². The van der Waals surface area contributed by atoms with E-state index in [0.29, 0.717) is 26.1 Å². The van der Waals surface area contributed by atoms with Crippen molar-refractivity contribution < 1.29 is 29.1 Å². The summed E-state index contributed by atoms with van der Waals surface area (Å²) in [5.74, 6) is -2.00. The molecule has 0 spiro atoms. The van der Waals surface area contributed by atoms with Crippen LogP contribution in [0.4, 0.5) is 4.79 Å². The number of hydrogen-bond donors (Lipinski definition) is 4. The Balaban J connectivity index is 1.48. The topological polar surface area (TPSA) is 182 Å². The number of carbonyl (C=O) groups is 4. The van der Waals surface area contributed by atoms with E-state index in [2.05, 4.69) is 15.7 Å². The van der Waals surface area contributed by atoms with Gasteiger partial charge in [0.25, 0.3) is 10.9 Å². The van der Waals surface area contributed by atoms with E-state index in [9.17, 15) is 29.5 Å². The van der Waals surface area contributed by atoms with E-state index in [1.54, 1.807) is 29.6 Å². The van der Waals surface area contributed by atoms with Gasteiger partial charge in [0, 0.05) is 27.5 Å². The lowest BCUT2D eigenvalue weighted by molar-refractivity contribution is -0.706. The van der Waals surface area contributed by atoms with E-state index in [-0.39, 0.29) is 11.4 Å². The maximum absolute atomic E-state index is 12.9. The molecule has 4 rings (SSSR count). The fourth-order valence-corrected chi connectivity index (χ4v) is 6.65. The second-order valence-corrected chi connectivity index (χ2v) is 10.2. The molecule has 1 saturated heterocycles. The van der Waals surface area contributed by atoms with Gasteiger partial charge in [0.1, 0.15) is 23.2 Å². The molecule has 1 fully saturated rings. The van der Waals surface area contributed by atoms with Crippen LogP contribution in [0.1, 0.15) is 10.9 Å². The second kappa shape index (κ2) is 9.90. The summed E-state index contributed by atoms with van der Waals surface area (Å²) in [6.07, 6.45) is 1.34. The van der Waals surface area contributed by atoms with Gasteiger partial charge in [-0.2, -0.15) is 0 Å². The van der Waals surface area contributed by atoms with E-state index in [4.69, 9.17) is 5.73 Å². The Hall–Kier alpha value is -3.30. The van der Waals surface area contributed by atoms with Gasteiger partial charge >= 0.3 is 12.0 Å². The number of fused-ring (bicyclic) bond motifs is 1. The zero-order valence-corrected chi connectivity index (χ0v) is 19.7. The summed E-state index contributed by atoms with van der Waals surface area (Å²) in [4.78, 5) is 51.2. The van der Waals surface area contributed by atoms with Gasteiger partial charge in [-0.3, -0.25) is 14.5 Å². The fraction of sp³-hybridized carbons (Fsp3) is 0.263. The SMILES string of the molecule is NC(=O)NC(C(=O)N[C@H]1C(=O)N2C(C(=O)O)=C(CSc3cccn[n+]3[O-])CSC12)c1cccs1. The lowest BCUT2D eigenvalue weighted by Crippen LogP contribution is -2.71. The zero-order valence-electron chi connectivity index (χ0n) is 17.2. The molecule has 2 aliphatic rings. The number of carboxylic acid groups (broad SMARTS) is 1. The van der Waals surface area contributed by atoms with Gasteiger partial charge < -0.3 is 26.7 Å². The summed E-state index contributed by atoms with van der Waals surface area (Å²) >= 11 is 3.66. The summed E-state index contributed by atoms with van der Waals surface area (Å²) in [5, 5.41) is 31.5. The molecule has 2 aromatic heterocycles. The van der Waals surface area contributed by atoms with Crippen molar-refractivity contribution in [2.45, 2.75) is 22.5 Å². The van der Waals surface area contributed by atoms with E-state index >= 15 is 0 Å². The Morgan fingerprint density at radius 2 is 2.18 bits per heavy atom. The molecule has 2 aliphatic heterocycles. The molecular formula is C19H18N6O6S3. The first-order chi connectivity index (χ1) is 16.3. The van der Waals surface area contributed by atoms with Gasteiger partial charge in [-0.1, -0.05) is 6.07 Å². The third-order valence-corrected chi connectivity index (χ3v) is 8.36. The van der Waals surface area contributed by atoms with Crippen LogP contribution in [0.25, 0.3) is 0 Å². The molecule has 0 radical (unpaired) electrons. The number of nitrogens with two attached hydrogens (primary N) is 1. The van der Waals surface area contributed by atoms with Crippen LogP contribution in [-0.4, -0.2) is 61.8 Å². The highest BCUT2D eigenvalue weighted by atomic mass is 32.2. The number of aliphatic carboxylic acids is 1. The third kappa shape index (κ3) is 4.67. The number of thioether (sulfide) groups is 2. The lowest BCUT2D eigenvalue weighted by Gasteiger charge is -2.49. The molecule has 0 saturated carbocycles. The fourth-order valence-electron chi connectivity index (χ4n) is 3.50. The van der Waals surface area contributed by atoms with E-state index in [1.165, 1.54) is 29.3 Å². The first-order valence-electron chi connectivity index (χ1n) is 9.75. The first-order valence-corrected chi connectivity index (χ1v) is 12.7. The average molecular weight is 523 g/mol. The molecule has 12 nitrogen and oxygen atoms in total. The number of β-lactam (4-membered cyclic amide) rings is 1. The van der Waals surface area contributed by atoms with E-state index < -0.39 is 41.3 Å². The number of primary amides is 1. The Morgan fingerprint density at radius 3 is 2.82 bits per heavy atom. The maximum atomic E-state index is 12.9. The van der Waals surface area contributed by atoms with Gasteiger partial charge in [-0.05, 0) is 39.7 Å². The molecule has 5 N–H and O–H groups in total. The van der Waals surface area contributed by atoms with Gasteiger partial charge in [0.2, 0.25) is 5.91 Å². The van der Waals surface area contributed by atoms with Crippen molar-refractivity contribution in [3.05, 3.63) is 57.2 Å². The number of thiophene rings is 1. The Kier molecular flexibility index (Phi) is 6.95. The molecule has 4 heterocycles. The Labute approximate surface area is 205 Å². The Morgan fingerprint density at radius 1 is 1.38 bits per heavy atom. The summed E-state index contributed by atoms with van der Waals surface area (Å²) in [6, 6.07) is 3.59. The molecular weight excluding hydrogens is 504 g/mol. The molecule has 2 aromatic rings. The highest BCUT2D eigenvalue weighted by Crippen LogP contribution is 2.41. The van der Waals surface area contributed by atoms with Crippen LogP contribution in [0.15, 0.2) is 52.1 Å². The van der Waals surface area contributed by atoms with Gasteiger partial charge in [-0.15, -0.1) is 23.1 Å². The maximum Gasteiger partial charge on any atom is 0.352 e. The number of rotatable bonds is 8. The van der Waals surface area contributed by atoms with Gasteiger partial charge in [-0.25, -0.2) is 9.59 Å². The number of amides is 4. The molecule has 3 atom stereocenters. The predicted octanol–water partition coefficient (Wildman–Crippen LogP) is 0.0168. The standard InChI is InChI=1S/C19H18N6O6S3/c20-19(30)23-12(10-3-2-6-32-10)15(26)22-13-16(27)24-14(18(28)29)9(8-34-17(13)24)7-33-11-4-1-5-21-25(11)31/h1-6,12-13,17H,7-8H2,(H,22,26)(H,28,29)(H3,20,23,30)/t12?,13-,17?/m0/s1. The monoisotopic (exact) mass is 522 g/mol. The third-order valence-electron chi connectivity index (χ3n) is 5.00. The number of carbonyl (C=O) groups excluding carboxylic acids is 3. The minimum Gasteiger partial charge on any atom is -0.593 e. The molecule has 0 bridgehead atoms. The Bertz CT molecular complexity index is 1170. The molecule has 0 aromatic carbocycles. The zero-order chi connectivity index (χ0) is 24.4. The first kappa shape index (κ1) is 23.8. The van der Waals surface area contributed by atoms with Crippen molar-refractivity contribution >= 4 is 58.7 Å². The van der Waals surface area contributed by atoms with Crippen molar-refractivity contribution in [1.82, 2.24) is 20.6 Å². The number of hydrogen-bond acceptors (Lipinski definition) is 9. The van der Waals surface area contributed by atoms with Gasteiger partial charge in [0.15, 0.2) is 0 Å². The van der Waals surface area contributed by atoms with Crippen molar-refractivity contribution in [2.75, 3.05) is 11.5 Å². The minimum absolute atomic E-state index is 0.154. The molecule has 178 valence electrons. The van der Waals surface area contributed by atoms with Crippen LogP contribution >= 0.6 is 34.9 Å². The highest BCUT2D eigenvalue weighted by Gasteiger charge is 2.54. The van der Waals surface area contributed by atoms with Crippen LogP contribution in [0.2, 0.25) is 0 Å². The van der Waals surface area contributed by atoms with Gasteiger partial charge in [0.05, 0.1) is 6.20 Å². The van der Waals surface area contributed by atoms with Crippen molar-refractivity contribution in [3.8, 4) is 0 Å². The smallest absolute Gasteiger partial charge is 0.352 e. The lowest BCUT2D eigenvalue weighted by atomic mass is 10.0. The molecule has 34 heavy (non-hydrogen) atoms. The molecule has 2 unspecified atom stereocenters. The summed E-state index contributed by atoms with van der Waals surface area (Å²) in [6.45, 7) is 0. The van der Waals surface area contributed by atoms with Crippen molar-refractivity contribution in [1.29, 1.82) is 0 Å². The number of aromatic nitrogens is 2. The number of nitrogens with one attached hydrogen (secondary N) is 2. The average Bonchev–Trinajstić information content (AvgIpc) is 3.34. The normalized spacial score (nSPS) is 20.2. The summed E-state index contributed by atoms with van der Waals surface area (Å²) in [5.41, 5.74) is 5.52. The van der Waals surface area contributed by atoms with E-state index in [0.717, 1.165) is 16.7 Å². The summed E-state index contributed by atoms with van der Waals surface area (Å²) < 4.78 is 0. The van der Waals surface area contributed by atoms with Crippen LogP contribution in [0.3, 0.4) is 0 Å². The predicted molar refractivity (Wildman–Crippen MR) is 123 cm³/mol. The quantitative estimate of drug-likeness (QED) is 0.161. The van der Waals surface area contributed by atoms with Crippen LogP contribution in [0.5, 0.6) is 0 Å². The number of nitrogens with zero attached hydrogens (tertiary/aromatic N) is 3. The second-order valence-electron chi connectivity index (χ2n) is 7.13. The number of urea groups is 1. The molecule has 4 amide bonds. The number of carboxylic acids is 1. The highest BCUT2D eigenvalue weighted by molar-refractivity contribution is 8.01. The van der Waals surface area contributed by atoms with Crippen molar-refractivity contribution in [2.24, 2.45) is 5.73 Å². The van der Waals surface area contributed by atoms with Crippen molar-refractivity contribution in [3.63, 3.8) is 0 Å². The summed E-state index contributed by atoms with van der Waals surface area (Å²) in [7, 11) is 0. The van der Waals surface area contributed by atoms with Crippen LogP contribution in [-0.2, 0) is 14.4 Å². The largest absolute Gasteiger partial charge is 0.593 e. The molecule has 15 heteroatoms. The van der Waals surface area contributed by atoms with Crippen LogP contribution < -0.4 is 21.2 Å².